The van der Waals surface area contributed by atoms with Gasteiger partial charge >= 0.3 is 0 Å². The van der Waals surface area contributed by atoms with E-state index in [1.165, 1.54) is 25.7 Å². The van der Waals surface area contributed by atoms with Gasteiger partial charge in [0.25, 0.3) is 0 Å². The van der Waals surface area contributed by atoms with Crippen LogP contribution in [0, 0.1) is 11.3 Å². The van der Waals surface area contributed by atoms with Gasteiger partial charge < -0.3 is 15.1 Å². The molecule has 8 nitrogen and oxygen atoms in total. The van der Waals surface area contributed by atoms with Gasteiger partial charge in [0.2, 0.25) is 5.65 Å². The largest absolute Gasteiger partial charge is 0.356 e. The van der Waals surface area contributed by atoms with Crippen molar-refractivity contribution in [1.82, 2.24) is 29.8 Å². The van der Waals surface area contributed by atoms with Gasteiger partial charge in [-0.2, -0.15) is 0 Å². The lowest BCUT2D eigenvalue weighted by molar-refractivity contribution is 0.320. The Morgan fingerprint density at radius 2 is 2.29 bits per heavy atom. The summed E-state index contributed by atoms with van der Waals surface area (Å²) in [5.74, 6) is 2.55. The van der Waals surface area contributed by atoms with Crippen LogP contribution in [0.25, 0.3) is 5.65 Å². The van der Waals surface area contributed by atoms with Crippen molar-refractivity contribution in [2.45, 2.75) is 39.5 Å². The molecule has 2 unspecified atom stereocenters. The number of aliphatic imine (C=N–C) groups is 1. The first-order valence-corrected chi connectivity index (χ1v) is 10.5. The lowest BCUT2D eigenvalue weighted by atomic mass is 9.87. The van der Waals surface area contributed by atoms with E-state index in [0.29, 0.717) is 11.3 Å². The Bertz CT molecular complexity index is 830. The highest BCUT2D eigenvalue weighted by atomic mass is 15.3. The van der Waals surface area contributed by atoms with E-state index < -0.39 is 0 Å². The molecule has 28 heavy (non-hydrogen) atoms. The van der Waals surface area contributed by atoms with Crippen LogP contribution in [-0.2, 0) is 0 Å². The third-order valence-electron chi connectivity index (χ3n) is 6.49. The predicted octanol–water partition coefficient (Wildman–Crippen LogP) is 2.04. The number of piperidine rings is 1. The zero-order chi connectivity index (χ0) is 19.6. The van der Waals surface area contributed by atoms with Crippen LogP contribution in [0.3, 0.4) is 0 Å². The van der Waals surface area contributed by atoms with Gasteiger partial charge in [0.15, 0.2) is 11.8 Å². The summed E-state index contributed by atoms with van der Waals surface area (Å²) in [5, 5.41) is 11.9. The summed E-state index contributed by atoms with van der Waals surface area (Å²) in [6.45, 7) is 9.82. The van der Waals surface area contributed by atoms with Crippen molar-refractivity contribution >= 4 is 17.4 Å². The lowest BCUT2D eigenvalue weighted by Crippen LogP contribution is -2.46. The third-order valence-corrected chi connectivity index (χ3v) is 6.49. The molecule has 0 amide bonds. The zero-order valence-electron chi connectivity index (χ0n) is 17.3. The van der Waals surface area contributed by atoms with E-state index in [2.05, 4.69) is 49.1 Å². The molecule has 4 rings (SSSR count). The Morgan fingerprint density at radius 3 is 3.07 bits per heavy atom. The fourth-order valence-corrected chi connectivity index (χ4v) is 4.45. The highest BCUT2D eigenvalue weighted by molar-refractivity contribution is 5.80. The number of fused-ring (bicyclic) bond motifs is 1. The molecular formula is C20H32N8. The van der Waals surface area contributed by atoms with Crippen molar-refractivity contribution in [3.8, 4) is 0 Å². The van der Waals surface area contributed by atoms with Crippen molar-refractivity contribution < 1.29 is 0 Å². The van der Waals surface area contributed by atoms with Crippen molar-refractivity contribution in [1.29, 1.82) is 0 Å². The Kier molecular flexibility index (Phi) is 5.37. The van der Waals surface area contributed by atoms with E-state index in [-0.39, 0.29) is 0 Å². The van der Waals surface area contributed by atoms with Gasteiger partial charge in [-0.15, -0.1) is 10.2 Å². The molecule has 2 aromatic rings. The molecule has 2 fully saturated rings. The van der Waals surface area contributed by atoms with Gasteiger partial charge in [0, 0.05) is 52.2 Å². The molecule has 1 N–H and O–H groups in total. The zero-order valence-corrected chi connectivity index (χ0v) is 17.3. The first-order chi connectivity index (χ1) is 13.6. The average Bonchev–Trinajstić information content (AvgIpc) is 3.36. The molecule has 0 aliphatic carbocycles. The standard InChI is InChI=1S/C20H32N8/c1-4-20(2)7-10-27(14-20)19(21-3)23-12-16-6-5-9-26(13-16)17-18-25-24-15-28(18)11-8-22-17/h8,11,15-16H,4-7,9-10,12-14H2,1-3H3,(H,21,23). The van der Waals surface area contributed by atoms with E-state index in [9.17, 15) is 0 Å². The van der Waals surface area contributed by atoms with Crippen molar-refractivity contribution in [2.24, 2.45) is 16.3 Å². The summed E-state index contributed by atoms with van der Waals surface area (Å²) in [5.41, 5.74) is 1.25. The van der Waals surface area contributed by atoms with Gasteiger partial charge in [-0.1, -0.05) is 13.8 Å². The minimum atomic E-state index is 0.419. The van der Waals surface area contributed by atoms with Crippen LogP contribution in [0.2, 0.25) is 0 Å². The normalized spacial score (nSPS) is 26.2. The quantitative estimate of drug-likeness (QED) is 0.642. The fourth-order valence-electron chi connectivity index (χ4n) is 4.45. The molecule has 0 aromatic carbocycles. The molecule has 2 saturated heterocycles. The maximum absolute atomic E-state index is 4.59. The first-order valence-electron chi connectivity index (χ1n) is 10.5. The van der Waals surface area contributed by atoms with E-state index in [1.807, 2.05) is 23.8 Å². The number of hydrogen-bond donors (Lipinski definition) is 1. The maximum atomic E-state index is 4.59. The Hall–Kier alpha value is -2.38. The number of nitrogens with one attached hydrogen (secondary N) is 1. The number of guanidine groups is 1. The second-order valence-corrected chi connectivity index (χ2v) is 8.53. The number of aromatic nitrogens is 4. The van der Waals surface area contributed by atoms with Gasteiger partial charge in [-0.3, -0.25) is 9.39 Å². The van der Waals surface area contributed by atoms with Crippen LogP contribution < -0.4 is 10.2 Å². The molecule has 0 bridgehead atoms. The molecule has 2 aliphatic heterocycles. The van der Waals surface area contributed by atoms with Crippen molar-refractivity contribution in [2.75, 3.05) is 44.7 Å². The molecule has 2 aromatic heterocycles. The van der Waals surface area contributed by atoms with Gasteiger partial charge in [0.05, 0.1) is 0 Å². The van der Waals surface area contributed by atoms with Crippen LogP contribution >= 0.6 is 0 Å². The summed E-state index contributed by atoms with van der Waals surface area (Å²) in [6.07, 6.45) is 10.3. The van der Waals surface area contributed by atoms with Crippen LogP contribution in [0.5, 0.6) is 0 Å². The van der Waals surface area contributed by atoms with E-state index >= 15 is 0 Å². The fraction of sp³-hybridized carbons (Fsp3) is 0.700. The van der Waals surface area contributed by atoms with Gasteiger partial charge in [-0.05, 0) is 37.0 Å². The predicted molar refractivity (Wildman–Crippen MR) is 112 cm³/mol. The van der Waals surface area contributed by atoms with E-state index in [4.69, 9.17) is 0 Å². The molecule has 2 aliphatic rings. The summed E-state index contributed by atoms with van der Waals surface area (Å²) >= 11 is 0. The van der Waals surface area contributed by atoms with Crippen LogP contribution in [0.1, 0.15) is 39.5 Å². The van der Waals surface area contributed by atoms with Crippen molar-refractivity contribution in [3.63, 3.8) is 0 Å². The molecule has 2 atom stereocenters. The molecule has 8 heteroatoms. The summed E-state index contributed by atoms with van der Waals surface area (Å²) in [6, 6.07) is 0. The van der Waals surface area contributed by atoms with E-state index in [1.54, 1.807) is 6.33 Å². The number of rotatable bonds is 4. The van der Waals surface area contributed by atoms with Gasteiger partial charge in [0.1, 0.15) is 6.33 Å². The van der Waals surface area contributed by atoms with E-state index in [0.717, 1.165) is 50.1 Å². The highest BCUT2D eigenvalue weighted by Gasteiger charge is 2.33. The Morgan fingerprint density at radius 1 is 1.39 bits per heavy atom. The highest BCUT2D eigenvalue weighted by Crippen LogP contribution is 2.33. The monoisotopic (exact) mass is 384 g/mol. The summed E-state index contributed by atoms with van der Waals surface area (Å²) in [7, 11) is 1.90. The minimum absolute atomic E-state index is 0.419. The smallest absolute Gasteiger partial charge is 0.203 e. The second-order valence-electron chi connectivity index (χ2n) is 8.53. The van der Waals surface area contributed by atoms with Crippen LogP contribution in [-0.4, -0.2) is 70.2 Å². The first kappa shape index (κ1) is 19.0. The average molecular weight is 385 g/mol. The topological polar surface area (TPSA) is 74.0 Å². The minimum Gasteiger partial charge on any atom is -0.356 e. The number of anilines is 1. The van der Waals surface area contributed by atoms with Gasteiger partial charge in [-0.25, -0.2) is 4.98 Å². The molecular weight excluding hydrogens is 352 g/mol. The summed E-state index contributed by atoms with van der Waals surface area (Å²) < 4.78 is 1.93. The van der Waals surface area contributed by atoms with Crippen LogP contribution in [0.4, 0.5) is 5.82 Å². The second kappa shape index (κ2) is 7.93. The third kappa shape index (κ3) is 3.77. The molecule has 4 heterocycles. The Labute approximate surface area is 167 Å². The number of likely N-dealkylation sites (tertiary alicyclic amines) is 1. The molecule has 0 spiro atoms. The Balaban J connectivity index is 1.37. The number of hydrogen-bond acceptors (Lipinski definition) is 5. The van der Waals surface area contributed by atoms with Crippen LogP contribution in [0.15, 0.2) is 23.7 Å². The molecule has 0 radical (unpaired) electrons. The number of nitrogens with zero attached hydrogens (tertiary/aromatic N) is 7. The van der Waals surface area contributed by atoms with Crippen molar-refractivity contribution in [3.05, 3.63) is 18.7 Å². The molecule has 152 valence electrons. The maximum Gasteiger partial charge on any atom is 0.203 e. The molecule has 0 saturated carbocycles. The summed E-state index contributed by atoms with van der Waals surface area (Å²) in [4.78, 5) is 13.9. The lowest BCUT2D eigenvalue weighted by Gasteiger charge is -2.34. The SMILES string of the molecule is CCC1(C)CCN(C(=NC)NCC2CCCN(c3nccn4cnnc34)C2)C1.